The maximum absolute atomic E-state index is 13.1. The lowest BCUT2D eigenvalue weighted by molar-refractivity contribution is -0.138. The molecule has 0 saturated carbocycles. The molecule has 0 bridgehead atoms. The monoisotopic (exact) mass is 450 g/mol. The average molecular weight is 451 g/mol. The van der Waals surface area contributed by atoms with Gasteiger partial charge in [-0.1, -0.05) is 18.2 Å². The minimum Gasteiger partial charge on any atom is -0.493 e. The molecule has 2 aliphatic heterocycles. The first-order valence-electron chi connectivity index (χ1n) is 11.3. The summed E-state index contributed by atoms with van der Waals surface area (Å²) in [6.45, 7) is 1.77. The molecule has 0 spiro atoms. The number of benzene rings is 2. The second kappa shape index (κ2) is 10.1. The molecule has 2 aromatic carbocycles. The van der Waals surface area contributed by atoms with Gasteiger partial charge in [-0.15, -0.1) is 0 Å². The molecule has 2 aliphatic rings. The first-order chi connectivity index (χ1) is 16.0. The lowest BCUT2D eigenvalue weighted by Crippen LogP contribution is -2.45. The molecule has 2 aromatic rings. The van der Waals surface area contributed by atoms with Gasteiger partial charge in [0.2, 0.25) is 0 Å². The standard InChI is InChI=1S/C26H30N2O5/c1-32-23-13-19-8-10-27-22(21(19)15-24(23)33-2)12-20-16-28(11-9-18(20)14-25(29)30)26(31)17-6-4-3-5-7-17/h3-7,13,15,18,20H,8-12,14,16H2,1-2H3,(H,29,30)/t18-,20-/m0/s1. The molecule has 7 nitrogen and oxygen atoms in total. The molecule has 0 radical (unpaired) electrons. The Hall–Kier alpha value is -3.35. The summed E-state index contributed by atoms with van der Waals surface area (Å²) in [6.07, 6.45) is 2.21. The van der Waals surface area contributed by atoms with Crippen molar-refractivity contribution in [1.29, 1.82) is 0 Å². The SMILES string of the molecule is COc1cc2c(cc1OC)C(C[C@H]1CN(C(=O)c3ccccc3)CC[C@H]1CC(=O)O)=NCC2. The van der Waals surface area contributed by atoms with Crippen molar-refractivity contribution >= 4 is 17.6 Å². The Bertz CT molecular complexity index is 1050. The highest BCUT2D eigenvalue weighted by atomic mass is 16.5. The number of aliphatic carboxylic acids is 1. The van der Waals surface area contributed by atoms with Gasteiger partial charge in [-0.25, -0.2) is 0 Å². The van der Waals surface area contributed by atoms with Crippen LogP contribution in [0.3, 0.4) is 0 Å². The fourth-order valence-corrected chi connectivity index (χ4v) is 4.97. The van der Waals surface area contributed by atoms with Crippen molar-refractivity contribution in [2.75, 3.05) is 33.9 Å². The fraction of sp³-hybridized carbons (Fsp3) is 0.423. The molecule has 4 rings (SSSR count). The highest BCUT2D eigenvalue weighted by Gasteiger charge is 2.34. The maximum Gasteiger partial charge on any atom is 0.303 e. The number of aliphatic imine (C=N–C) groups is 1. The van der Waals surface area contributed by atoms with Crippen LogP contribution in [0.1, 0.15) is 40.7 Å². The quantitative estimate of drug-likeness (QED) is 0.695. The van der Waals surface area contributed by atoms with Crippen molar-refractivity contribution in [3.8, 4) is 11.5 Å². The van der Waals surface area contributed by atoms with Crippen molar-refractivity contribution < 1.29 is 24.2 Å². The van der Waals surface area contributed by atoms with Crippen LogP contribution >= 0.6 is 0 Å². The number of nitrogens with zero attached hydrogens (tertiary/aromatic N) is 2. The number of fused-ring (bicyclic) bond motifs is 1. The van der Waals surface area contributed by atoms with E-state index in [4.69, 9.17) is 14.5 Å². The third-order valence-corrected chi connectivity index (χ3v) is 6.70. The van der Waals surface area contributed by atoms with Crippen LogP contribution < -0.4 is 9.47 Å². The molecule has 7 heteroatoms. The second-order valence-electron chi connectivity index (χ2n) is 8.67. The van der Waals surface area contributed by atoms with Gasteiger partial charge in [0, 0.05) is 42.9 Å². The highest BCUT2D eigenvalue weighted by molar-refractivity contribution is 6.03. The molecule has 1 saturated heterocycles. The summed E-state index contributed by atoms with van der Waals surface area (Å²) in [5.41, 5.74) is 3.79. The summed E-state index contributed by atoms with van der Waals surface area (Å²) in [6, 6.07) is 13.2. The highest BCUT2D eigenvalue weighted by Crippen LogP contribution is 2.36. The van der Waals surface area contributed by atoms with E-state index < -0.39 is 5.97 Å². The molecular weight excluding hydrogens is 420 g/mol. The zero-order valence-corrected chi connectivity index (χ0v) is 19.1. The number of methoxy groups -OCH3 is 2. The number of amides is 1. The zero-order valence-electron chi connectivity index (χ0n) is 19.1. The summed E-state index contributed by atoms with van der Waals surface area (Å²) in [4.78, 5) is 31.3. The van der Waals surface area contributed by atoms with E-state index in [0.717, 1.165) is 23.3 Å². The van der Waals surface area contributed by atoms with Crippen LogP contribution in [-0.2, 0) is 11.2 Å². The van der Waals surface area contributed by atoms with Crippen LogP contribution in [0.4, 0.5) is 0 Å². The number of ether oxygens (including phenoxy) is 2. The van der Waals surface area contributed by atoms with E-state index in [2.05, 4.69) is 0 Å². The summed E-state index contributed by atoms with van der Waals surface area (Å²) < 4.78 is 11.0. The minimum absolute atomic E-state index is 0.00413. The lowest BCUT2D eigenvalue weighted by Gasteiger charge is -2.39. The molecule has 0 aliphatic carbocycles. The van der Waals surface area contributed by atoms with E-state index in [1.165, 1.54) is 0 Å². The Morgan fingerprint density at radius 2 is 1.82 bits per heavy atom. The zero-order chi connectivity index (χ0) is 23.4. The summed E-state index contributed by atoms with van der Waals surface area (Å²) in [5.74, 6) is 0.545. The summed E-state index contributed by atoms with van der Waals surface area (Å²) in [5, 5.41) is 9.49. The molecule has 174 valence electrons. The number of hydrogen-bond donors (Lipinski definition) is 1. The molecule has 1 fully saturated rings. The molecule has 2 atom stereocenters. The fourth-order valence-electron chi connectivity index (χ4n) is 4.97. The van der Waals surface area contributed by atoms with Crippen molar-refractivity contribution in [1.82, 2.24) is 4.90 Å². The van der Waals surface area contributed by atoms with Crippen molar-refractivity contribution in [2.24, 2.45) is 16.8 Å². The predicted molar refractivity (Wildman–Crippen MR) is 125 cm³/mol. The number of likely N-dealkylation sites (tertiary alicyclic amines) is 1. The van der Waals surface area contributed by atoms with E-state index in [-0.39, 0.29) is 24.2 Å². The van der Waals surface area contributed by atoms with Crippen molar-refractivity contribution in [3.05, 3.63) is 59.2 Å². The van der Waals surface area contributed by atoms with Crippen LogP contribution in [0.15, 0.2) is 47.5 Å². The third-order valence-electron chi connectivity index (χ3n) is 6.70. The van der Waals surface area contributed by atoms with E-state index in [0.29, 0.717) is 49.5 Å². The van der Waals surface area contributed by atoms with Crippen molar-refractivity contribution in [3.63, 3.8) is 0 Å². The molecule has 2 heterocycles. The Balaban J connectivity index is 1.59. The first kappa shape index (κ1) is 22.8. The van der Waals surface area contributed by atoms with Gasteiger partial charge in [0.15, 0.2) is 11.5 Å². The lowest BCUT2D eigenvalue weighted by atomic mass is 9.78. The number of rotatable bonds is 7. The van der Waals surface area contributed by atoms with Crippen LogP contribution in [-0.4, -0.2) is 61.4 Å². The van der Waals surface area contributed by atoms with Gasteiger partial charge in [-0.05, 0) is 60.9 Å². The van der Waals surface area contributed by atoms with Crippen LogP contribution in [0, 0.1) is 11.8 Å². The molecule has 33 heavy (non-hydrogen) atoms. The number of piperidine rings is 1. The average Bonchev–Trinajstić information content (AvgIpc) is 2.84. The molecule has 1 N–H and O–H groups in total. The van der Waals surface area contributed by atoms with E-state index in [1.807, 2.05) is 47.4 Å². The van der Waals surface area contributed by atoms with Gasteiger partial charge in [-0.2, -0.15) is 0 Å². The largest absolute Gasteiger partial charge is 0.493 e. The number of carbonyl (C=O) groups excluding carboxylic acids is 1. The smallest absolute Gasteiger partial charge is 0.303 e. The Morgan fingerprint density at radius 1 is 1.09 bits per heavy atom. The predicted octanol–water partition coefficient (Wildman–Crippen LogP) is 3.69. The molecule has 0 unspecified atom stereocenters. The first-order valence-corrected chi connectivity index (χ1v) is 11.3. The van der Waals surface area contributed by atoms with Crippen LogP contribution in [0.2, 0.25) is 0 Å². The van der Waals surface area contributed by atoms with Gasteiger partial charge in [0.1, 0.15) is 0 Å². The van der Waals surface area contributed by atoms with Gasteiger partial charge in [0.25, 0.3) is 5.91 Å². The van der Waals surface area contributed by atoms with Gasteiger partial charge < -0.3 is 19.5 Å². The van der Waals surface area contributed by atoms with E-state index in [1.54, 1.807) is 14.2 Å². The van der Waals surface area contributed by atoms with Crippen LogP contribution in [0.25, 0.3) is 0 Å². The van der Waals surface area contributed by atoms with Crippen LogP contribution in [0.5, 0.6) is 11.5 Å². The molecule has 1 amide bonds. The van der Waals surface area contributed by atoms with Crippen molar-refractivity contribution in [2.45, 2.75) is 25.7 Å². The summed E-state index contributed by atoms with van der Waals surface area (Å²) in [7, 11) is 3.24. The Kier molecular flexibility index (Phi) is 6.96. The second-order valence-corrected chi connectivity index (χ2v) is 8.67. The molecule has 0 aromatic heterocycles. The third kappa shape index (κ3) is 5.02. The normalized spacial score (nSPS) is 19.9. The minimum atomic E-state index is -0.801. The topological polar surface area (TPSA) is 88.4 Å². The Labute approximate surface area is 194 Å². The Morgan fingerprint density at radius 3 is 2.52 bits per heavy atom. The van der Waals surface area contributed by atoms with E-state index in [9.17, 15) is 14.7 Å². The number of carboxylic acids is 1. The summed E-state index contributed by atoms with van der Waals surface area (Å²) >= 11 is 0. The van der Waals surface area contributed by atoms with Gasteiger partial charge >= 0.3 is 5.97 Å². The van der Waals surface area contributed by atoms with Gasteiger partial charge in [-0.3, -0.25) is 14.6 Å². The van der Waals surface area contributed by atoms with E-state index >= 15 is 0 Å². The molecular formula is C26H30N2O5. The number of carbonyl (C=O) groups is 2. The maximum atomic E-state index is 13.1. The number of carboxylic acid groups (broad SMARTS) is 1. The number of hydrogen-bond acceptors (Lipinski definition) is 5. The van der Waals surface area contributed by atoms with Gasteiger partial charge in [0.05, 0.1) is 14.2 Å².